The van der Waals surface area contributed by atoms with Crippen molar-refractivity contribution >= 4 is 29.4 Å². The summed E-state index contributed by atoms with van der Waals surface area (Å²) >= 11 is 4.27. The fraction of sp³-hybridized carbons (Fsp3) is 0.955. The zero-order valence-electron chi connectivity index (χ0n) is 17.5. The van der Waals surface area contributed by atoms with Crippen LogP contribution in [0.1, 0.15) is 77.0 Å². The fourth-order valence-corrected chi connectivity index (χ4v) is 7.70. The second-order valence-electron chi connectivity index (χ2n) is 8.81. The molecule has 0 aromatic carbocycles. The van der Waals surface area contributed by atoms with E-state index in [0.717, 1.165) is 35.7 Å². The number of fused-ring (bicyclic) bond motifs is 2. The Kier molecular flexibility index (Phi) is 9.81. The molecule has 0 spiro atoms. The van der Waals surface area contributed by atoms with E-state index in [1.807, 2.05) is 11.8 Å². The second-order valence-corrected chi connectivity index (χ2v) is 11.4. The van der Waals surface area contributed by atoms with Crippen LogP contribution in [0.25, 0.3) is 0 Å². The molecule has 1 amide bonds. The van der Waals surface area contributed by atoms with Crippen LogP contribution in [-0.2, 0) is 9.53 Å². The molecular weight excluding hydrogens is 390 g/mol. The molecule has 1 saturated carbocycles. The first-order valence-corrected chi connectivity index (χ1v) is 13.7. The number of ether oxygens (including phenoxy) is 1. The van der Waals surface area contributed by atoms with Gasteiger partial charge in [0.15, 0.2) is 0 Å². The lowest BCUT2D eigenvalue weighted by atomic mass is 9.76. The molecule has 28 heavy (non-hydrogen) atoms. The Hall–Kier alpha value is 0.0900. The van der Waals surface area contributed by atoms with E-state index >= 15 is 0 Å². The van der Waals surface area contributed by atoms with Crippen molar-refractivity contribution < 1.29 is 14.7 Å². The minimum atomic E-state index is -0.182. The number of carbonyl (C=O) groups is 1. The molecule has 2 bridgehead atoms. The number of hydrogen-bond donors (Lipinski definition) is 1. The maximum Gasteiger partial charge on any atom is 0.245 e. The molecule has 1 aliphatic carbocycles. The van der Waals surface area contributed by atoms with Gasteiger partial charge >= 0.3 is 0 Å². The lowest BCUT2D eigenvalue weighted by Crippen LogP contribution is -2.28. The minimum Gasteiger partial charge on any atom is -0.374 e. The van der Waals surface area contributed by atoms with Crippen LogP contribution < -0.4 is 0 Å². The summed E-state index contributed by atoms with van der Waals surface area (Å²) in [5.74, 6) is 5.07. The first kappa shape index (κ1) is 22.8. The van der Waals surface area contributed by atoms with Crippen LogP contribution in [-0.4, -0.2) is 57.9 Å². The van der Waals surface area contributed by atoms with Crippen LogP contribution in [0.2, 0.25) is 0 Å². The molecule has 6 heteroatoms. The molecular formula is C22H39NO3S2. The summed E-state index contributed by atoms with van der Waals surface area (Å²) in [4.78, 5) is 11.4. The van der Waals surface area contributed by atoms with E-state index in [1.165, 1.54) is 76.3 Å². The molecule has 2 saturated heterocycles. The molecule has 2 heterocycles. The normalized spacial score (nSPS) is 30.1. The van der Waals surface area contributed by atoms with E-state index in [2.05, 4.69) is 11.8 Å². The summed E-state index contributed by atoms with van der Waals surface area (Å²) in [6.07, 6.45) is 15.9. The highest BCUT2D eigenvalue weighted by Crippen LogP contribution is 2.47. The lowest BCUT2D eigenvalue weighted by molar-refractivity contribution is -0.159. The number of carbonyl (C=O) groups excluding carboxylic acids is 1. The Morgan fingerprint density at radius 1 is 0.964 bits per heavy atom. The van der Waals surface area contributed by atoms with Crippen molar-refractivity contribution in [1.29, 1.82) is 0 Å². The largest absolute Gasteiger partial charge is 0.374 e. The van der Waals surface area contributed by atoms with Crippen molar-refractivity contribution in [2.24, 2.45) is 11.8 Å². The SMILES string of the molecule is CN(O)C(=O)CCCCSCCC1C2CCC(O2)C1CCSC1CCCCC1. The Morgan fingerprint density at radius 3 is 2.32 bits per heavy atom. The van der Waals surface area contributed by atoms with Gasteiger partial charge in [-0.15, -0.1) is 0 Å². The summed E-state index contributed by atoms with van der Waals surface area (Å²) in [6, 6.07) is 0. The highest BCUT2D eigenvalue weighted by atomic mass is 32.2. The van der Waals surface area contributed by atoms with Gasteiger partial charge in [0.25, 0.3) is 0 Å². The van der Waals surface area contributed by atoms with E-state index in [1.54, 1.807) is 0 Å². The van der Waals surface area contributed by atoms with Crippen LogP contribution >= 0.6 is 23.5 Å². The highest BCUT2D eigenvalue weighted by molar-refractivity contribution is 7.99. The Morgan fingerprint density at radius 2 is 1.64 bits per heavy atom. The smallest absolute Gasteiger partial charge is 0.245 e. The van der Waals surface area contributed by atoms with Gasteiger partial charge < -0.3 is 4.74 Å². The van der Waals surface area contributed by atoms with Gasteiger partial charge in [-0.1, -0.05) is 19.3 Å². The number of thioether (sulfide) groups is 2. The summed E-state index contributed by atoms with van der Waals surface area (Å²) < 4.78 is 6.30. The van der Waals surface area contributed by atoms with Gasteiger partial charge in [-0.2, -0.15) is 23.5 Å². The van der Waals surface area contributed by atoms with Crippen molar-refractivity contribution in [3.05, 3.63) is 0 Å². The number of hydroxylamine groups is 2. The molecule has 4 nitrogen and oxygen atoms in total. The second kappa shape index (κ2) is 12.1. The fourth-order valence-electron chi connectivity index (χ4n) is 5.24. The Bertz CT molecular complexity index is 471. The molecule has 3 rings (SSSR count). The Labute approximate surface area is 179 Å². The third kappa shape index (κ3) is 6.82. The minimum absolute atomic E-state index is 0.182. The predicted molar refractivity (Wildman–Crippen MR) is 119 cm³/mol. The zero-order chi connectivity index (χ0) is 19.8. The molecule has 0 aromatic rings. The quantitative estimate of drug-likeness (QED) is 0.256. The van der Waals surface area contributed by atoms with Crippen LogP contribution in [0.3, 0.4) is 0 Å². The summed E-state index contributed by atoms with van der Waals surface area (Å²) in [7, 11) is 1.40. The molecule has 1 N–H and O–H groups in total. The average molecular weight is 430 g/mol. The van der Waals surface area contributed by atoms with Gasteiger partial charge in [0.1, 0.15) is 0 Å². The maximum atomic E-state index is 11.4. The van der Waals surface area contributed by atoms with Gasteiger partial charge in [-0.05, 0) is 80.5 Å². The summed E-state index contributed by atoms with van der Waals surface area (Å²) in [6.45, 7) is 0. The Balaban J connectivity index is 1.28. The number of rotatable bonds is 12. The number of nitrogens with zero attached hydrogens (tertiary/aromatic N) is 1. The molecule has 0 aromatic heterocycles. The topological polar surface area (TPSA) is 49.8 Å². The molecule has 3 fully saturated rings. The standard InChI is InChI=1S/C22H39NO3S2/c1-23(25)22(24)9-5-6-14-27-15-12-18-19(21-11-10-20(18)26-21)13-16-28-17-7-3-2-4-8-17/h17-21,25H,2-16H2,1H3. The third-order valence-corrected chi connectivity index (χ3v) is 9.35. The monoisotopic (exact) mass is 429 g/mol. The van der Waals surface area contributed by atoms with Gasteiger partial charge in [-0.25, -0.2) is 5.06 Å². The maximum absolute atomic E-state index is 11.4. The van der Waals surface area contributed by atoms with Crippen LogP contribution in [0.15, 0.2) is 0 Å². The van der Waals surface area contributed by atoms with Crippen molar-refractivity contribution in [3.8, 4) is 0 Å². The van der Waals surface area contributed by atoms with Gasteiger partial charge in [-0.3, -0.25) is 10.0 Å². The first-order valence-electron chi connectivity index (χ1n) is 11.5. The zero-order valence-corrected chi connectivity index (χ0v) is 19.2. The number of unbranched alkanes of at least 4 members (excludes halogenated alkanes) is 1. The van der Waals surface area contributed by atoms with Gasteiger partial charge in [0.05, 0.1) is 12.2 Å². The molecule has 2 aliphatic heterocycles. The van der Waals surface area contributed by atoms with Gasteiger partial charge in [0, 0.05) is 18.7 Å². The lowest BCUT2D eigenvalue weighted by Gasteiger charge is -2.29. The van der Waals surface area contributed by atoms with Gasteiger partial charge in [0.2, 0.25) is 5.91 Å². The molecule has 4 unspecified atom stereocenters. The molecule has 4 atom stereocenters. The van der Waals surface area contributed by atoms with E-state index in [9.17, 15) is 4.79 Å². The van der Waals surface area contributed by atoms with Crippen LogP contribution in [0.5, 0.6) is 0 Å². The van der Waals surface area contributed by atoms with E-state index in [4.69, 9.17) is 9.94 Å². The molecule has 0 radical (unpaired) electrons. The van der Waals surface area contributed by atoms with E-state index in [-0.39, 0.29) is 5.91 Å². The third-order valence-electron chi connectivity index (χ3n) is 6.83. The molecule has 162 valence electrons. The summed E-state index contributed by atoms with van der Waals surface area (Å²) in [5, 5.41) is 10.7. The first-order chi connectivity index (χ1) is 13.6. The van der Waals surface area contributed by atoms with E-state index in [0.29, 0.717) is 23.7 Å². The van der Waals surface area contributed by atoms with Crippen molar-refractivity contribution in [3.63, 3.8) is 0 Å². The van der Waals surface area contributed by atoms with E-state index < -0.39 is 0 Å². The van der Waals surface area contributed by atoms with Crippen molar-refractivity contribution in [1.82, 2.24) is 5.06 Å². The number of amides is 1. The number of hydrogen-bond acceptors (Lipinski definition) is 5. The van der Waals surface area contributed by atoms with Crippen molar-refractivity contribution in [2.75, 3.05) is 24.3 Å². The summed E-state index contributed by atoms with van der Waals surface area (Å²) in [5.41, 5.74) is 0. The predicted octanol–water partition coefficient (Wildman–Crippen LogP) is 5.38. The van der Waals surface area contributed by atoms with Crippen molar-refractivity contribution in [2.45, 2.75) is 94.5 Å². The average Bonchev–Trinajstić information content (AvgIpc) is 3.30. The highest BCUT2D eigenvalue weighted by Gasteiger charge is 2.47. The van der Waals surface area contributed by atoms with Crippen LogP contribution in [0.4, 0.5) is 0 Å². The molecule has 3 aliphatic rings. The van der Waals surface area contributed by atoms with Crippen LogP contribution in [0, 0.1) is 11.8 Å².